The van der Waals surface area contributed by atoms with Gasteiger partial charge in [0.05, 0.1) is 12.2 Å². The van der Waals surface area contributed by atoms with Crippen LogP contribution in [0, 0.1) is 0 Å². The van der Waals surface area contributed by atoms with Crippen LogP contribution in [-0.2, 0) is 20.1 Å². The second kappa shape index (κ2) is 6.24. The van der Waals surface area contributed by atoms with Crippen molar-refractivity contribution in [2.45, 2.75) is 13.1 Å². The average molecular weight is 279 g/mol. The molecule has 0 bridgehead atoms. The van der Waals surface area contributed by atoms with Crippen LogP contribution in [0.15, 0.2) is 36.5 Å². The van der Waals surface area contributed by atoms with Crippen molar-refractivity contribution in [3.63, 3.8) is 0 Å². The predicted molar refractivity (Wildman–Crippen MR) is 73.7 cm³/mol. The van der Waals surface area contributed by atoms with Gasteiger partial charge < -0.3 is 10.6 Å². The van der Waals surface area contributed by atoms with Gasteiger partial charge in [-0.25, -0.2) is 4.79 Å². The lowest BCUT2D eigenvalue weighted by atomic mass is 10.2. The molecule has 0 fully saturated rings. The number of carbonyl (C=O) groups excluding carboxylic acids is 1. The Kier molecular flexibility index (Phi) is 4.41. The average Bonchev–Trinajstić information content (AvgIpc) is 2.80. The molecule has 1 heterocycles. The molecule has 0 radical (unpaired) electrons. The highest BCUT2D eigenvalue weighted by molar-refractivity contribution is 6.30. The molecule has 2 N–H and O–H groups in total. The first kappa shape index (κ1) is 13.4. The number of aryl methyl sites for hydroxylation is 1. The van der Waals surface area contributed by atoms with Crippen molar-refractivity contribution in [2.75, 3.05) is 0 Å². The number of hydrogen-bond acceptors (Lipinski definition) is 2. The molecule has 0 aliphatic carbocycles. The largest absolute Gasteiger partial charge is 0.334 e. The van der Waals surface area contributed by atoms with Gasteiger partial charge in [-0.15, -0.1) is 0 Å². The lowest BCUT2D eigenvalue weighted by molar-refractivity contribution is 0.240. The third kappa shape index (κ3) is 3.99. The molecule has 0 spiro atoms. The van der Waals surface area contributed by atoms with E-state index >= 15 is 0 Å². The zero-order chi connectivity index (χ0) is 13.7. The zero-order valence-corrected chi connectivity index (χ0v) is 11.3. The first-order chi connectivity index (χ1) is 9.15. The summed E-state index contributed by atoms with van der Waals surface area (Å²) in [5.41, 5.74) is 1.90. The van der Waals surface area contributed by atoms with Crippen LogP contribution in [0.4, 0.5) is 4.79 Å². The summed E-state index contributed by atoms with van der Waals surface area (Å²) in [7, 11) is 1.83. The van der Waals surface area contributed by atoms with Crippen LogP contribution in [0.1, 0.15) is 11.3 Å². The molecule has 1 aromatic heterocycles. The van der Waals surface area contributed by atoms with Crippen LogP contribution in [0.25, 0.3) is 0 Å². The number of urea groups is 1. The number of halogens is 1. The number of nitrogens with zero attached hydrogens (tertiary/aromatic N) is 2. The number of benzene rings is 1. The first-order valence-corrected chi connectivity index (χ1v) is 6.26. The van der Waals surface area contributed by atoms with Gasteiger partial charge in [0.15, 0.2) is 0 Å². The molecule has 0 saturated heterocycles. The second-order valence-electron chi connectivity index (χ2n) is 4.11. The van der Waals surface area contributed by atoms with Gasteiger partial charge in [-0.2, -0.15) is 5.10 Å². The van der Waals surface area contributed by atoms with E-state index in [1.807, 2.05) is 31.3 Å². The quantitative estimate of drug-likeness (QED) is 0.899. The maximum atomic E-state index is 11.6. The molecule has 1 aromatic carbocycles. The van der Waals surface area contributed by atoms with E-state index in [1.54, 1.807) is 16.9 Å². The molecule has 0 atom stereocenters. The Balaban J connectivity index is 1.77. The van der Waals surface area contributed by atoms with E-state index in [9.17, 15) is 4.79 Å². The molecular formula is C13H15ClN4O. The third-order valence-electron chi connectivity index (χ3n) is 2.69. The lowest BCUT2D eigenvalue weighted by Gasteiger charge is -2.08. The van der Waals surface area contributed by atoms with Gasteiger partial charge in [0.25, 0.3) is 0 Å². The summed E-state index contributed by atoms with van der Waals surface area (Å²) in [5, 5.41) is 10.2. The number of carbonyl (C=O) groups is 1. The highest BCUT2D eigenvalue weighted by Crippen LogP contribution is 2.10. The van der Waals surface area contributed by atoms with Crippen LogP contribution in [0.3, 0.4) is 0 Å². The van der Waals surface area contributed by atoms with Crippen molar-refractivity contribution in [3.8, 4) is 0 Å². The Morgan fingerprint density at radius 1 is 1.32 bits per heavy atom. The van der Waals surface area contributed by atoms with Gasteiger partial charge in [-0.3, -0.25) is 4.68 Å². The molecule has 5 nitrogen and oxygen atoms in total. The van der Waals surface area contributed by atoms with Gasteiger partial charge in [-0.05, 0) is 23.8 Å². The summed E-state index contributed by atoms with van der Waals surface area (Å²) < 4.78 is 1.72. The van der Waals surface area contributed by atoms with Crippen molar-refractivity contribution in [2.24, 2.45) is 7.05 Å². The molecule has 2 aromatic rings. The van der Waals surface area contributed by atoms with Crippen molar-refractivity contribution in [3.05, 3.63) is 52.8 Å². The van der Waals surface area contributed by atoms with Crippen LogP contribution in [0.2, 0.25) is 5.02 Å². The second-order valence-corrected chi connectivity index (χ2v) is 4.55. The van der Waals surface area contributed by atoms with Crippen molar-refractivity contribution in [1.82, 2.24) is 20.4 Å². The highest BCUT2D eigenvalue weighted by Gasteiger charge is 2.03. The van der Waals surface area contributed by atoms with E-state index < -0.39 is 0 Å². The Hall–Kier alpha value is -2.01. The number of aromatic nitrogens is 2. The molecule has 0 aliphatic heterocycles. The molecule has 19 heavy (non-hydrogen) atoms. The molecule has 6 heteroatoms. The van der Waals surface area contributed by atoms with Crippen molar-refractivity contribution in [1.29, 1.82) is 0 Å². The van der Waals surface area contributed by atoms with E-state index in [1.165, 1.54) is 0 Å². The lowest BCUT2D eigenvalue weighted by Crippen LogP contribution is -2.35. The number of hydrogen-bond donors (Lipinski definition) is 2. The number of nitrogens with one attached hydrogen (secondary N) is 2. The van der Waals surface area contributed by atoms with Gasteiger partial charge in [0.2, 0.25) is 0 Å². The van der Waals surface area contributed by atoms with Crippen molar-refractivity contribution >= 4 is 17.6 Å². The van der Waals surface area contributed by atoms with E-state index in [0.717, 1.165) is 11.3 Å². The minimum Gasteiger partial charge on any atom is -0.334 e. The Bertz CT molecular complexity index is 567. The zero-order valence-electron chi connectivity index (χ0n) is 10.6. The van der Waals surface area contributed by atoms with Crippen LogP contribution in [0.5, 0.6) is 0 Å². The Labute approximate surface area is 116 Å². The maximum absolute atomic E-state index is 11.6. The van der Waals surface area contributed by atoms with E-state index in [2.05, 4.69) is 15.7 Å². The molecule has 2 rings (SSSR count). The summed E-state index contributed by atoms with van der Waals surface area (Å²) >= 11 is 5.87. The Morgan fingerprint density at radius 3 is 2.79 bits per heavy atom. The standard InChI is InChI=1S/C13H15ClN4O/c1-18-12(5-6-17-18)9-16-13(19)15-8-10-3-2-4-11(14)7-10/h2-7H,8-9H2,1H3,(H2,15,16,19). The highest BCUT2D eigenvalue weighted by atomic mass is 35.5. The number of amides is 2. The predicted octanol–water partition coefficient (Wildman–Crippen LogP) is 2.07. The van der Waals surface area contributed by atoms with Gasteiger partial charge >= 0.3 is 6.03 Å². The van der Waals surface area contributed by atoms with Gasteiger partial charge in [0.1, 0.15) is 0 Å². The molecule has 100 valence electrons. The molecule has 2 amide bonds. The van der Waals surface area contributed by atoms with E-state index in [0.29, 0.717) is 18.1 Å². The molecule has 0 saturated carbocycles. The molecule has 0 unspecified atom stereocenters. The van der Waals surface area contributed by atoms with E-state index in [4.69, 9.17) is 11.6 Å². The fraction of sp³-hybridized carbons (Fsp3) is 0.231. The SMILES string of the molecule is Cn1nccc1CNC(=O)NCc1cccc(Cl)c1. The number of rotatable bonds is 4. The summed E-state index contributed by atoms with van der Waals surface area (Å²) in [6.07, 6.45) is 1.70. The topological polar surface area (TPSA) is 59.0 Å². The summed E-state index contributed by atoms with van der Waals surface area (Å²) in [6, 6.07) is 9.02. The van der Waals surface area contributed by atoms with Crippen LogP contribution < -0.4 is 10.6 Å². The summed E-state index contributed by atoms with van der Waals surface area (Å²) in [4.78, 5) is 11.6. The summed E-state index contributed by atoms with van der Waals surface area (Å²) in [5.74, 6) is 0. The molecular weight excluding hydrogens is 264 g/mol. The third-order valence-corrected chi connectivity index (χ3v) is 2.93. The smallest absolute Gasteiger partial charge is 0.315 e. The summed E-state index contributed by atoms with van der Waals surface area (Å²) in [6.45, 7) is 0.885. The fourth-order valence-electron chi connectivity index (χ4n) is 1.64. The minimum atomic E-state index is -0.221. The van der Waals surface area contributed by atoms with Crippen molar-refractivity contribution < 1.29 is 4.79 Å². The fourth-order valence-corrected chi connectivity index (χ4v) is 1.85. The van der Waals surface area contributed by atoms with Gasteiger partial charge in [-0.1, -0.05) is 23.7 Å². The first-order valence-electron chi connectivity index (χ1n) is 5.88. The maximum Gasteiger partial charge on any atom is 0.315 e. The normalized spacial score (nSPS) is 10.2. The van der Waals surface area contributed by atoms with E-state index in [-0.39, 0.29) is 6.03 Å². The van der Waals surface area contributed by atoms with Crippen LogP contribution in [-0.4, -0.2) is 15.8 Å². The van der Waals surface area contributed by atoms with Gasteiger partial charge in [0, 0.05) is 24.8 Å². The minimum absolute atomic E-state index is 0.221. The Morgan fingerprint density at radius 2 is 2.11 bits per heavy atom. The molecule has 0 aliphatic rings. The van der Waals surface area contributed by atoms with Crippen LogP contribution >= 0.6 is 11.6 Å². The monoisotopic (exact) mass is 278 g/mol.